The fraction of sp³-hybridized carbons (Fsp3) is 0.667. The Balaban J connectivity index is 2.08. The van der Waals surface area contributed by atoms with Gasteiger partial charge in [0.1, 0.15) is 11.6 Å². The molecule has 1 atom stereocenters. The number of rotatable bonds is 6. The summed E-state index contributed by atoms with van der Waals surface area (Å²) in [5.41, 5.74) is 0.620. The summed E-state index contributed by atoms with van der Waals surface area (Å²) in [4.78, 5) is 0. The van der Waals surface area contributed by atoms with Crippen LogP contribution in [0.5, 0.6) is 0 Å². The zero-order chi connectivity index (χ0) is 15.1. The van der Waals surface area contributed by atoms with Crippen molar-refractivity contribution in [2.45, 2.75) is 64.3 Å². The van der Waals surface area contributed by atoms with Crippen LogP contribution >= 0.6 is 0 Å². The molecule has 1 aliphatic carbocycles. The van der Waals surface area contributed by atoms with Crippen molar-refractivity contribution < 1.29 is 8.78 Å². The molecular formula is C18H27F2N. The molecule has 3 heteroatoms. The Hall–Kier alpha value is -0.960. The van der Waals surface area contributed by atoms with Crippen molar-refractivity contribution in [2.24, 2.45) is 5.92 Å². The van der Waals surface area contributed by atoms with Crippen molar-refractivity contribution >= 4 is 0 Å². The molecule has 1 fully saturated rings. The molecule has 0 heterocycles. The standard InChI is InChI=1S/C18H27F2N/c1-2-11-21-18(12-14-7-5-3-4-6-8-14)16-10-9-15(19)13-17(16)20/h9-10,13-14,18,21H,2-8,11-12H2,1H3. The second-order valence-corrected chi connectivity index (χ2v) is 6.27. The summed E-state index contributed by atoms with van der Waals surface area (Å²) in [6.07, 6.45) is 9.70. The molecule has 1 saturated carbocycles. The van der Waals surface area contributed by atoms with Gasteiger partial charge in [-0.3, -0.25) is 0 Å². The van der Waals surface area contributed by atoms with E-state index in [1.54, 1.807) is 6.07 Å². The van der Waals surface area contributed by atoms with E-state index in [1.807, 2.05) is 0 Å². The Kier molecular flexibility index (Phi) is 6.62. The van der Waals surface area contributed by atoms with Crippen LogP contribution in [0.1, 0.15) is 69.9 Å². The van der Waals surface area contributed by atoms with Gasteiger partial charge in [-0.1, -0.05) is 51.5 Å². The van der Waals surface area contributed by atoms with Gasteiger partial charge in [-0.25, -0.2) is 8.78 Å². The second kappa shape index (κ2) is 8.47. The fourth-order valence-electron chi connectivity index (χ4n) is 3.36. The summed E-state index contributed by atoms with van der Waals surface area (Å²) in [6, 6.07) is 3.98. The Morgan fingerprint density at radius 2 is 1.86 bits per heavy atom. The van der Waals surface area contributed by atoms with Crippen LogP contribution in [0.25, 0.3) is 0 Å². The van der Waals surface area contributed by atoms with Gasteiger partial charge in [0.25, 0.3) is 0 Å². The molecule has 0 bridgehead atoms. The van der Waals surface area contributed by atoms with Crippen molar-refractivity contribution in [3.63, 3.8) is 0 Å². The largest absolute Gasteiger partial charge is 0.310 e. The van der Waals surface area contributed by atoms with Crippen LogP contribution < -0.4 is 5.32 Å². The normalized spacial score (nSPS) is 18.4. The first-order chi connectivity index (χ1) is 10.2. The van der Waals surface area contributed by atoms with Gasteiger partial charge >= 0.3 is 0 Å². The highest BCUT2D eigenvalue weighted by atomic mass is 19.1. The Morgan fingerprint density at radius 1 is 1.14 bits per heavy atom. The lowest BCUT2D eigenvalue weighted by atomic mass is 9.89. The predicted molar refractivity (Wildman–Crippen MR) is 83.2 cm³/mol. The molecule has 0 radical (unpaired) electrons. The number of nitrogens with one attached hydrogen (secondary N) is 1. The van der Waals surface area contributed by atoms with Gasteiger partial charge in [0.15, 0.2) is 0 Å². The SMILES string of the molecule is CCCNC(CC1CCCCCC1)c1ccc(F)cc1F. The zero-order valence-electron chi connectivity index (χ0n) is 13.0. The van der Waals surface area contributed by atoms with Gasteiger partial charge in [-0.05, 0) is 31.4 Å². The Bertz CT molecular complexity index is 425. The molecule has 0 spiro atoms. The predicted octanol–water partition coefficient (Wildman–Crippen LogP) is 5.37. The maximum Gasteiger partial charge on any atom is 0.130 e. The lowest BCUT2D eigenvalue weighted by Crippen LogP contribution is -2.25. The molecule has 1 nitrogen and oxygen atoms in total. The van der Waals surface area contributed by atoms with Crippen LogP contribution in [0, 0.1) is 17.6 Å². The summed E-state index contributed by atoms with van der Waals surface area (Å²) in [6.45, 7) is 2.98. The minimum Gasteiger partial charge on any atom is -0.310 e. The third-order valence-corrected chi connectivity index (χ3v) is 4.52. The maximum absolute atomic E-state index is 14.1. The van der Waals surface area contributed by atoms with E-state index in [9.17, 15) is 8.78 Å². The summed E-state index contributed by atoms with van der Waals surface area (Å²) in [5, 5.41) is 3.45. The molecule has 1 aromatic rings. The molecular weight excluding hydrogens is 268 g/mol. The summed E-state index contributed by atoms with van der Waals surface area (Å²) < 4.78 is 27.2. The molecule has 1 N–H and O–H groups in total. The lowest BCUT2D eigenvalue weighted by molar-refractivity contribution is 0.349. The second-order valence-electron chi connectivity index (χ2n) is 6.27. The van der Waals surface area contributed by atoms with Gasteiger partial charge < -0.3 is 5.32 Å². The van der Waals surface area contributed by atoms with Crippen LogP contribution in [-0.2, 0) is 0 Å². The van der Waals surface area contributed by atoms with Gasteiger partial charge in [-0.2, -0.15) is 0 Å². The van der Waals surface area contributed by atoms with Crippen molar-refractivity contribution in [1.29, 1.82) is 0 Å². The van der Waals surface area contributed by atoms with Crippen molar-refractivity contribution in [1.82, 2.24) is 5.32 Å². The van der Waals surface area contributed by atoms with E-state index in [4.69, 9.17) is 0 Å². The van der Waals surface area contributed by atoms with E-state index in [2.05, 4.69) is 12.2 Å². The van der Waals surface area contributed by atoms with Gasteiger partial charge in [0.05, 0.1) is 0 Å². The number of benzene rings is 1. The number of hydrogen-bond donors (Lipinski definition) is 1. The third kappa shape index (κ3) is 5.06. The molecule has 118 valence electrons. The highest BCUT2D eigenvalue weighted by molar-refractivity contribution is 5.22. The average molecular weight is 295 g/mol. The van der Waals surface area contributed by atoms with Gasteiger partial charge in [0, 0.05) is 17.7 Å². The monoisotopic (exact) mass is 295 g/mol. The minimum absolute atomic E-state index is 0.00801. The zero-order valence-corrected chi connectivity index (χ0v) is 13.0. The highest BCUT2D eigenvalue weighted by Crippen LogP contribution is 2.32. The molecule has 21 heavy (non-hydrogen) atoms. The molecule has 2 rings (SSSR count). The van der Waals surface area contributed by atoms with Crippen molar-refractivity contribution in [3.8, 4) is 0 Å². The summed E-state index contributed by atoms with van der Waals surface area (Å²) >= 11 is 0. The first-order valence-corrected chi connectivity index (χ1v) is 8.39. The number of halogens is 2. The van der Waals surface area contributed by atoms with Gasteiger partial charge in [-0.15, -0.1) is 0 Å². The third-order valence-electron chi connectivity index (χ3n) is 4.52. The molecule has 1 unspecified atom stereocenters. The molecule has 0 amide bonds. The lowest BCUT2D eigenvalue weighted by Gasteiger charge is -2.24. The first-order valence-electron chi connectivity index (χ1n) is 8.39. The van der Waals surface area contributed by atoms with E-state index in [0.29, 0.717) is 11.5 Å². The summed E-state index contributed by atoms with van der Waals surface area (Å²) in [7, 11) is 0. The van der Waals surface area contributed by atoms with Crippen LogP contribution in [0.3, 0.4) is 0 Å². The van der Waals surface area contributed by atoms with Crippen molar-refractivity contribution in [2.75, 3.05) is 6.54 Å². The van der Waals surface area contributed by atoms with Crippen LogP contribution in [0.15, 0.2) is 18.2 Å². The quantitative estimate of drug-likeness (QED) is 0.696. The number of hydrogen-bond acceptors (Lipinski definition) is 1. The smallest absolute Gasteiger partial charge is 0.130 e. The fourth-order valence-corrected chi connectivity index (χ4v) is 3.36. The van der Waals surface area contributed by atoms with Crippen molar-refractivity contribution in [3.05, 3.63) is 35.4 Å². The van der Waals surface area contributed by atoms with Gasteiger partial charge in [0.2, 0.25) is 0 Å². The Morgan fingerprint density at radius 3 is 2.48 bits per heavy atom. The molecule has 0 aliphatic heterocycles. The van der Waals surface area contributed by atoms with E-state index in [0.717, 1.165) is 25.5 Å². The molecule has 0 saturated heterocycles. The highest BCUT2D eigenvalue weighted by Gasteiger charge is 2.21. The van der Waals surface area contributed by atoms with E-state index >= 15 is 0 Å². The van der Waals surface area contributed by atoms with E-state index in [-0.39, 0.29) is 6.04 Å². The van der Waals surface area contributed by atoms with Crippen LogP contribution in [-0.4, -0.2) is 6.54 Å². The minimum atomic E-state index is -0.500. The summed E-state index contributed by atoms with van der Waals surface area (Å²) in [5.74, 6) is -0.261. The van der Waals surface area contributed by atoms with Crippen LogP contribution in [0.2, 0.25) is 0 Å². The topological polar surface area (TPSA) is 12.0 Å². The van der Waals surface area contributed by atoms with Crippen LogP contribution in [0.4, 0.5) is 8.78 Å². The van der Waals surface area contributed by atoms with E-state index < -0.39 is 11.6 Å². The molecule has 1 aromatic carbocycles. The maximum atomic E-state index is 14.1. The Labute approximate surface area is 127 Å². The molecule has 1 aliphatic rings. The first kappa shape index (κ1) is 16.4. The molecule has 0 aromatic heterocycles. The average Bonchev–Trinajstić information content (AvgIpc) is 2.72. The van der Waals surface area contributed by atoms with E-state index in [1.165, 1.54) is 44.6 Å².